The Bertz CT molecular complexity index is 591. The van der Waals surface area contributed by atoms with Gasteiger partial charge in [-0.25, -0.2) is 4.98 Å². The van der Waals surface area contributed by atoms with Crippen molar-refractivity contribution in [2.45, 2.75) is 20.3 Å². The average molecular weight is 304 g/mol. The second-order valence-corrected chi connectivity index (χ2v) is 5.99. The maximum atomic E-state index is 11.5. The molecule has 0 saturated heterocycles. The zero-order valence-electron chi connectivity index (χ0n) is 12.6. The number of carbonyl (C=O) groups excluding carboxylic acids is 1. The van der Waals surface area contributed by atoms with Crippen molar-refractivity contribution in [1.29, 1.82) is 0 Å². The number of hydrogen-bond donors (Lipinski definition) is 1. The van der Waals surface area contributed by atoms with Crippen LogP contribution < -0.4 is 10.1 Å². The normalized spacial score (nSPS) is 10.7. The van der Waals surface area contributed by atoms with Gasteiger partial charge in [-0.2, -0.15) is 0 Å². The fourth-order valence-electron chi connectivity index (χ4n) is 1.82. The molecule has 0 spiro atoms. The molecule has 0 fully saturated rings. The Balaban J connectivity index is 1.93. The first-order valence-electron chi connectivity index (χ1n) is 6.96. The number of methoxy groups -OCH3 is 1. The first-order valence-corrected chi connectivity index (χ1v) is 7.84. The Kier molecular flexibility index (Phi) is 5.33. The van der Waals surface area contributed by atoms with Crippen LogP contribution in [0.15, 0.2) is 29.6 Å². The molecular formula is C16H20N2O2S. The smallest absolute Gasteiger partial charge is 0.222 e. The Morgan fingerprint density at radius 2 is 2.05 bits per heavy atom. The molecule has 0 atom stereocenters. The van der Waals surface area contributed by atoms with Crippen LogP contribution in [0.25, 0.3) is 11.3 Å². The molecule has 0 bridgehead atoms. The first kappa shape index (κ1) is 15.5. The third kappa shape index (κ3) is 4.29. The van der Waals surface area contributed by atoms with Crippen LogP contribution in [0, 0.1) is 5.92 Å². The van der Waals surface area contributed by atoms with Crippen molar-refractivity contribution < 1.29 is 9.53 Å². The number of aromatic nitrogens is 1. The van der Waals surface area contributed by atoms with Crippen LogP contribution in [0.3, 0.4) is 0 Å². The van der Waals surface area contributed by atoms with Gasteiger partial charge in [0.25, 0.3) is 0 Å². The molecule has 0 saturated carbocycles. The van der Waals surface area contributed by atoms with Gasteiger partial charge >= 0.3 is 0 Å². The second-order valence-electron chi connectivity index (χ2n) is 5.05. The van der Waals surface area contributed by atoms with Gasteiger partial charge in [0.1, 0.15) is 5.75 Å². The molecule has 0 aliphatic rings. The molecular weight excluding hydrogens is 284 g/mol. The number of amides is 1. The molecule has 4 nitrogen and oxygen atoms in total. The summed E-state index contributed by atoms with van der Waals surface area (Å²) in [6.07, 6.45) is 0.763. The highest BCUT2D eigenvalue weighted by Crippen LogP contribution is 2.24. The number of carbonyl (C=O) groups is 1. The van der Waals surface area contributed by atoms with E-state index in [1.165, 1.54) is 0 Å². The van der Waals surface area contributed by atoms with Crippen molar-refractivity contribution in [3.63, 3.8) is 0 Å². The molecule has 0 radical (unpaired) electrons. The molecule has 1 amide bonds. The fourth-order valence-corrected chi connectivity index (χ4v) is 2.62. The minimum Gasteiger partial charge on any atom is -0.497 e. The monoisotopic (exact) mass is 304 g/mol. The van der Waals surface area contributed by atoms with Gasteiger partial charge in [-0.05, 0) is 24.3 Å². The van der Waals surface area contributed by atoms with E-state index in [0.717, 1.165) is 28.4 Å². The summed E-state index contributed by atoms with van der Waals surface area (Å²) in [6.45, 7) is 4.41. The van der Waals surface area contributed by atoms with Gasteiger partial charge in [-0.1, -0.05) is 13.8 Å². The standard InChI is InChI=1S/C16H20N2O2S/c1-11(2)16(19)17-9-8-15-18-14(10-21-15)12-4-6-13(20-3)7-5-12/h4-7,10-11H,8-9H2,1-3H3,(H,17,19). The van der Waals surface area contributed by atoms with Crippen LogP contribution in [0.2, 0.25) is 0 Å². The third-order valence-corrected chi connectivity index (χ3v) is 4.01. The lowest BCUT2D eigenvalue weighted by molar-refractivity contribution is -0.123. The average Bonchev–Trinajstić information content (AvgIpc) is 2.96. The molecule has 0 aliphatic heterocycles. The molecule has 0 unspecified atom stereocenters. The zero-order chi connectivity index (χ0) is 15.2. The van der Waals surface area contributed by atoms with Crippen LogP contribution in [-0.2, 0) is 11.2 Å². The van der Waals surface area contributed by atoms with E-state index < -0.39 is 0 Å². The summed E-state index contributed by atoms with van der Waals surface area (Å²) in [5, 5.41) is 5.98. The summed E-state index contributed by atoms with van der Waals surface area (Å²) in [6, 6.07) is 7.85. The number of benzene rings is 1. The van der Waals surface area contributed by atoms with E-state index in [2.05, 4.69) is 10.3 Å². The molecule has 21 heavy (non-hydrogen) atoms. The molecule has 112 valence electrons. The van der Waals surface area contributed by atoms with E-state index in [4.69, 9.17) is 4.74 Å². The predicted molar refractivity (Wildman–Crippen MR) is 85.7 cm³/mol. The Labute approximate surface area is 129 Å². The molecule has 1 aromatic carbocycles. The number of thiazole rings is 1. The molecule has 1 N–H and O–H groups in total. The summed E-state index contributed by atoms with van der Waals surface area (Å²) in [5.74, 6) is 0.948. The number of ether oxygens (including phenoxy) is 1. The Morgan fingerprint density at radius 1 is 1.33 bits per heavy atom. The number of rotatable bonds is 6. The number of nitrogens with zero attached hydrogens (tertiary/aromatic N) is 1. The van der Waals surface area contributed by atoms with Crippen LogP contribution in [0.4, 0.5) is 0 Å². The van der Waals surface area contributed by atoms with Gasteiger partial charge < -0.3 is 10.1 Å². The molecule has 5 heteroatoms. The topological polar surface area (TPSA) is 51.2 Å². The summed E-state index contributed by atoms with van der Waals surface area (Å²) in [7, 11) is 1.65. The van der Waals surface area contributed by atoms with Crippen LogP contribution in [0.5, 0.6) is 5.75 Å². The number of hydrogen-bond acceptors (Lipinski definition) is 4. The van der Waals surface area contributed by atoms with Gasteiger partial charge in [0.2, 0.25) is 5.91 Å². The quantitative estimate of drug-likeness (QED) is 0.892. The van der Waals surface area contributed by atoms with E-state index in [0.29, 0.717) is 6.54 Å². The van der Waals surface area contributed by atoms with Gasteiger partial charge in [0, 0.05) is 29.8 Å². The molecule has 0 aliphatic carbocycles. The van der Waals surface area contributed by atoms with E-state index >= 15 is 0 Å². The minimum atomic E-state index is 0.0242. The summed E-state index contributed by atoms with van der Waals surface area (Å²) in [5.41, 5.74) is 2.04. The van der Waals surface area contributed by atoms with Gasteiger partial charge in [0.05, 0.1) is 17.8 Å². The number of nitrogens with one attached hydrogen (secondary N) is 1. The molecule has 2 rings (SSSR count). The summed E-state index contributed by atoms with van der Waals surface area (Å²) in [4.78, 5) is 16.1. The Hall–Kier alpha value is -1.88. The maximum Gasteiger partial charge on any atom is 0.222 e. The van der Waals surface area contributed by atoms with Crippen LogP contribution >= 0.6 is 11.3 Å². The van der Waals surface area contributed by atoms with E-state index in [-0.39, 0.29) is 11.8 Å². The van der Waals surface area contributed by atoms with Crippen molar-refractivity contribution in [2.75, 3.05) is 13.7 Å². The van der Waals surface area contributed by atoms with Crippen molar-refractivity contribution in [3.05, 3.63) is 34.7 Å². The lowest BCUT2D eigenvalue weighted by atomic mass is 10.2. The molecule has 2 aromatic rings. The highest BCUT2D eigenvalue weighted by atomic mass is 32.1. The third-order valence-electron chi connectivity index (χ3n) is 3.10. The van der Waals surface area contributed by atoms with Gasteiger partial charge in [-0.15, -0.1) is 11.3 Å². The van der Waals surface area contributed by atoms with Crippen molar-refractivity contribution in [2.24, 2.45) is 5.92 Å². The predicted octanol–water partition coefficient (Wildman–Crippen LogP) is 3.13. The maximum absolute atomic E-state index is 11.5. The summed E-state index contributed by atoms with van der Waals surface area (Å²) >= 11 is 1.62. The summed E-state index contributed by atoms with van der Waals surface area (Å²) < 4.78 is 5.15. The largest absolute Gasteiger partial charge is 0.497 e. The SMILES string of the molecule is COc1ccc(-c2csc(CCNC(=O)C(C)C)n2)cc1. The molecule has 1 aromatic heterocycles. The molecule has 1 heterocycles. The van der Waals surface area contributed by atoms with E-state index in [9.17, 15) is 4.79 Å². The van der Waals surface area contributed by atoms with Crippen molar-refractivity contribution >= 4 is 17.2 Å². The zero-order valence-corrected chi connectivity index (χ0v) is 13.4. The van der Waals surface area contributed by atoms with Crippen molar-refractivity contribution in [3.8, 4) is 17.0 Å². The second kappa shape index (κ2) is 7.22. The minimum absolute atomic E-state index is 0.0242. The van der Waals surface area contributed by atoms with Crippen LogP contribution in [-0.4, -0.2) is 24.5 Å². The van der Waals surface area contributed by atoms with Crippen molar-refractivity contribution in [1.82, 2.24) is 10.3 Å². The first-order chi connectivity index (χ1) is 10.1. The fraction of sp³-hybridized carbons (Fsp3) is 0.375. The van der Waals surface area contributed by atoms with E-state index in [1.54, 1.807) is 18.4 Å². The van der Waals surface area contributed by atoms with Crippen LogP contribution in [0.1, 0.15) is 18.9 Å². The lowest BCUT2D eigenvalue weighted by Gasteiger charge is -2.05. The van der Waals surface area contributed by atoms with Gasteiger partial charge in [0.15, 0.2) is 0 Å². The Morgan fingerprint density at radius 3 is 2.67 bits per heavy atom. The van der Waals surface area contributed by atoms with E-state index in [1.807, 2.05) is 43.5 Å². The van der Waals surface area contributed by atoms with Gasteiger partial charge in [-0.3, -0.25) is 4.79 Å². The lowest BCUT2D eigenvalue weighted by Crippen LogP contribution is -2.29. The highest BCUT2D eigenvalue weighted by Gasteiger charge is 2.08. The highest BCUT2D eigenvalue weighted by molar-refractivity contribution is 7.09.